The molecule has 3 rings (SSSR count). The number of piperidine rings is 1. The number of morpholine rings is 1. The number of rotatable bonds is 5. The predicted octanol–water partition coefficient (Wildman–Crippen LogP) is 1.31. The molecule has 26 heavy (non-hydrogen) atoms. The highest BCUT2D eigenvalue weighted by atomic mass is 16.5. The van der Waals surface area contributed by atoms with E-state index in [9.17, 15) is 0 Å². The van der Waals surface area contributed by atoms with Gasteiger partial charge < -0.3 is 19.5 Å². The van der Waals surface area contributed by atoms with Crippen molar-refractivity contribution in [2.45, 2.75) is 26.3 Å². The Morgan fingerprint density at radius 2 is 2.15 bits per heavy atom. The van der Waals surface area contributed by atoms with Crippen LogP contribution in [0.1, 0.15) is 26.3 Å². The van der Waals surface area contributed by atoms with E-state index in [4.69, 9.17) is 4.74 Å². The maximum Gasteiger partial charge on any atom is 0.193 e. The maximum atomic E-state index is 5.44. The molecule has 0 spiro atoms. The third-order valence-electron chi connectivity index (χ3n) is 5.62. The van der Waals surface area contributed by atoms with Gasteiger partial charge >= 0.3 is 0 Å². The zero-order valence-corrected chi connectivity index (χ0v) is 16.5. The summed E-state index contributed by atoms with van der Waals surface area (Å²) in [6, 6.07) is 0.454. The quantitative estimate of drug-likeness (QED) is 0.632. The number of ether oxygens (including phenoxy) is 1. The second-order valence-electron chi connectivity index (χ2n) is 7.74. The van der Waals surface area contributed by atoms with Crippen LogP contribution in [-0.2, 0) is 4.74 Å². The largest absolute Gasteiger partial charge is 0.379 e. The van der Waals surface area contributed by atoms with E-state index in [1.165, 1.54) is 6.42 Å². The molecule has 0 aliphatic carbocycles. The minimum absolute atomic E-state index is 0.454. The van der Waals surface area contributed by atoms with Crippen LogP contribution in [0.2, 0.25) is 0 Å². The smallest absolute Gasteiger partial charge is 0.193 e. The molecule has 0 radical (unpaired) electrons. The molecule has 1 aromatic heterocycles. The van der Waals surface area contributed by atoms with Gasteiger partial charge in [-0.25, -0.2) is 4.98 Å². The van der Waals surface area contributed by atoms with Crippen molar-refractivity contribution in [2.75, 3.05) is 59.5 Å². The van der Waals surface area contributed by atoms with Crippen LogP contribution in [0.4, 0.5) is 0 Å². The summed E-state index contributed by atoms with van der Waals surface area (Å²) in [7, 11) is 1.89. The summed E-state index contributed by atoms with van der Waals surface area (Å²) in [6.45, 7) is 12.6. The van der Waals surface area contributed by atoms with E-state index in [-0.39, 0.29) is 0 Å². The Morgan fingerprint density at radius 1 is 1.35 bits per heavy atom. The molecule has 3 heterocycles. The molecule has 7 heteroatoms. The molecular formula is C19H34N6O. The molecule has 146 valence electrons. The number of hydrogen-bond donors (Lipinski definition) is 1. The lowest BCUT2D eigenvalue weighted by atomic mass is 9.93. The molecule has 7 nitrogen and oxygen atoms in total. The average Bonchev–Trinajstić information content (AvgIpc) is 3.18. The lowest BCUT2D eigenvalue weighted by Gasteiger charge is -2.39. The Bertz CT molecular complexity index is 554. The Hall–Kier alpha value is -1.60. The minimum atomic E-state index is 0.454. The van der Waals surface area contributed by atoms with Crippen molar-refractivity contribution in [3.05, 3.63) is 18.7 Å². The normalized spacial score (nSPS) is 26.7. The first-order valence-electron chi connectivity index (χ1n) is 9.90. The first-order chi connectivity index (χ1) is 12.7. The molecule has 0 aromatic carbocycles. The van der Waals surface area contributed by atoms with E-state index in [0.717, 1.165) is 58.4 Å². The summed E-state index contributed by atoms with van der Waals surface area (Å²) < 4.78 is 7.68. The van der Waals surface area contributed by atoms with Crippen LogP contribution in [-0.4, -0.2) is 84.8 Å². The first kappa shape index (κ1) is 19.2. The van der Waals surface area contributed by atoms with Gasteiger partial charge in [-0.3, -0.25) is 9.89 Å². The lowest BCUT2D eigenvalue weighted by Crippen LogP contribution is -2.50. The van der Waals surface area contributed by atoms with Crippen LogP contribution in [0, 0.1) is 11.8 Å². The highest BCUT2D eigenvalue weighted by molar-refractivity contribution is 5.80. The highest BCUT2D eigenvalue weighted by Gasteiger charge is 2.29. The molecule has 2 aliphatic rings. The number of nitrogens with zero attached hydrogens (tertiary/aromatic N) is 5. The van der Waals surface area contributed by atoms with E-state index in [1.54, 1.807) is 0 Å². The van der Waals surface area contributed by atoms with Crippen molar-refractivity contribution < 1.29 is 4.74 Å². The number of aliphatic imine (C=N–C) groups is 1. The second kappa shape index (κ2) is 9.37. The summed E-state index contributed by atoms with van der Waals surface area (Å²) in [5.74, 6) is 2.26. The van der Waals surface area contributed by atoms with Crippen molar-refractivity contribution in [2.24, 2.45) is 16.8 Å². The zero-order valence-electron chi connectivity index (χ0n) is 16.5. The monoisotopic (exact) mass is 362 g/mol. The van der Waals surface area contributed by atoms with E-state index in [0.29, 0.717) is 17.9 Å². The van der Waals surface area contributed by atoms with Gasteiger partial charge in [0.05, 0.1) is 25.6 Å². The molecule has 1 N–H and O–H groups in total. The van der Waals surface area contributed by atoms with Crippen molar-refractivity contribution in [3.8, 4) is 0 Å². The van der Waals surface area contributed by atoms with Gasteiger partial charge in [-0.2, -0.15) is 0 Å². The minimum Gasteiger partial charge on any atom is -0.379 e. The van der Waals surface area contributed by atoms with Gasteiger partial charge in [0.25, 0.3) is 0 Å². The van der Waals surface area contributed by atoms with Crippen LogP contribution in [0.5, 0.6) is 0 Å². The fourth-order valence-corrected chi connectivity index (χ4v) is 3.98. The van der Waals surface area contributed by atoms with Crippen molar-refractivity contribution >= 4 is 5.96 Å². The molecule has 3 unspecified atom stereocenters. The fourth-order valence-electron chi connectivity index (χ4n) is 3.98. The van der Waals surface area contributed by atoms with E-state index in [1.807, 2.05) is 19.6 Å². The van der Waals surface area contributed by atoms with Gasteiger partial charge in [0.2, 0.25) is 0 Å². The Labute approximate surface area is 157 Å². The van der Waals surface area contributed by atoms with Gasteiger partial charge in [0.1, 0.15) is 0 Å². The third-order valence-corrected chi connectivity index (χ3v) is 5.62. The van der Waals surface area contributed by atoms with E-state index >= 15 is 0 Å². The molecule has 1 aromatic rings. The van der Waals surface area contributed by atoms with Crippen LogP contribution < -0.4 is 5.32 Å². The average molecular weight is 363 g/mol. The van der Waals surface area contributed by atoms with Crippen molar-refractivity contribution in [3.63, 3.8) is 0 Å². The molecule has 2 saturated heterocycles. The second-order valence-corrected chi connectivity index (χ2v) is 7.74. The number of likely N-dealkylation sites (tertiary alicyclic amines) is 1. The Kier molecular flexibility index (Phi) is 6.91. The van der Waals surface area contributed by atoms with Gasteiger partial charge in [0, 0.05) is 58.7 Å². The van der Waals surface area contributed by atoms with E-state index < -0.39 is 0 Å². The fraction of sp³-hybridized carbons (Fsp3) is 0.789. The number of nitrogens with one attached hydrogen (secondary N) is 1. The number of imidazole rings is 1. The number of hydrogen-bond acceptors (Lipinski definition) is 4. The Morgan fingerprint density at radius 3 is 2.85 bits per heavy atom. The SMILES string of the molecule is CN=C(NCC(C)CN1CCOCC1)N1CCC(C)C(n2ccnc2)C1. The van der Waals surface area contributed by atoms with Crippen LogP contribution in [0.3, 0.4) is 0 Å². The highest BCUT2D eigenvalue weighted by Crippen LogP contribution is 2.27. The summed E-state index contributed by atoms with van der Waals surface area (Å²) in [6.07, 6.45) is 7.05. The molecule has 0 bridgehead atoms. The van der Waals surface area contributed by atoms with Crippen LogP contribution in [0.15, 0.2) is 23.7 Å². The summed E-state index contributed by atoms with van der Waals surface area (Å²) >= 11 is 0. The van der Waals surface area contributed by atoms with Crippen molar-refractivity contribution in [1.29, 1.82) is 0 Å². The predicted molar refractivity (Wildman–Crippen MR) is 104 cm³/mol. The summed E-state index contributed by atoms with van der Waals surface area (Å²) in [4.78, 5) is 13.7. The third kappa shape index (κ3) is 4.98. The molecule has 0 amide bonds. The van der Waals surface area contributed by atoms with Gasteiger partial charge in [-0.05, 0) is 18.3 Å². The number of aromatic nitrogens is 2. The zero-order chi connectivity index (χ0) is 18.4. The van der Waals surface area contributed by atoms with Crippen molar-refractivity contribution in [1.82, 2.24) is 24.7 Å². The molecule has 2 aliphatic heterocycles. The molecule has 3 atom stereocenters. The summed E-state index contributed by atoms with van der Waals surface area (Å²) in [5, 5.41) is 3.60. The molecular weight excluding hydrogens is 328 g/mol. The molecule has 2 fully saturated rings. The number of guanidine groups is 1. The van der Waals surface area contributed by atoms with Gasteiger partial charge in [-0.1, -0.05) is 13.8 Å². The standard InChI is InChI=1S/C19H34N6O/c1-16(13-23-8-10-26-11-9-23)12-22-19(20-3)24-6-4-17(2)18(14-24)25-7-5-21-15-25/h5,7,15-18H,4,6,8-14H2,1-3H3,(H,20,22). The van der Waals surface area contributed by atoms with Gasteiger partial charge in [0.15, 0.2) is 5.96 Å². The van der Waals surface area contributed by atoms with Crippen LogP contribution >= 0.6 is 0 Å². The Balaban J connectivity index is 1.50. The lowest BCUT2D eigenvalue weighted by molar-refractivity contribution is 0.0320. The maximum absolute atomic E-state index is 5.44. The molecule has 0 saturated carbocycles. The van der Waals surface area contributed by atoms with Gasteiger partial charge in [-0.15, -0.1) is 0 Å². The van der Waals surface area contributed by atoms with E-state index in [2.05, 4.69) is 49.7 Å². The van der Waals surface area contributed by atoms with Crippen LogP contribution in [0.25, 0.3) is 0 Å². The topological polar surface area (TPSA) is 57.9 Å². The summed E-state index contributed by atoms with van der Waals surface area (Å²) in [5.41, 5.74) is 0. The first-order valence-corrected chi connectivity index (χ1v) is 9.90.